The Morgan fingerprint density at radius 3 is 2.58 bits per heavy atom. The second-order valence-electron chi connectivity index (χ2n) is 2.29. The predicted octanol–water partition coefficient (Wildman–Crippen LogP) is 2.25. The zero-order chi connectivity index (χ0) is 8.39. The molecular formula is C8H6ClNO2. The fourth-order valence-corrected chi connectivity index (χ4v) is 1.03. The van der Waals surface area contributed by atoms with E-state index in [2.05, 4.69) is 4.98 Å². The van der Waals surface area contributed by atoms with Crippen LogP contribution in [-0.2, 0) is 9.47 Å². The van der Waals surface area contributed by atoms with E-state index in [9.17, 15) is 0 Å². The minimum Gasteiger partial charge on any atom is -0.455 e. The van der Waals surface area contributed by atoms with Crippen LogP contribution in [0.5, 0.6) is 0 Å². The Morgan fingerprint density at radius 1 is 1.25 bits per heavy atom. The van der Waals surface area contributed by atoms with Crippen molar-refractivity contribution in [2.45, 2.75) is 6.29 Å². The molecule has 1 aliphatic heterocycles. The maximum Gasteiger partial charge on any atom is 0.267 e. The summed E-state index contributed by atoms with van der Waals surface area (Å²) in [5.74, 6) is 0. The second kappa shape index (κ2) is 3.03. The van der Waals surface area contributed by atoms with Crippen molar-refractivity contribution in [1.29, 1.82) is 0 Å². The van der Waals surface area contributed by atoms with Gasteiger partial charge < -0.3 is 9.47 Å². The van der Waals surface area contributed by atoms with Crippen LogP contribution in [0.2, 0.25) is 5.15 Å². The van der Waals surface area contributed by atoms with Crippen LogP contribution in [-0.4, -0.2) is 4.98 Å². The molecule has 1 aromatic rings. The van der Waals surface area contributed by atoms with E-state index in [0.717, 1.165) is 5.56 Å². The molecule has 0 unspecified atom stereocenters. The van der Waals surface area contributed by atoms with Gasteiger partial charge in [-0.1, -0.05) is 11.6 Å². The van der Waals surface area contributed by atoms with Crippen LogP contribution in [0.4, 0.5) is 0 Å². The highest BCUT2D eigenvalue weighted by Gasteiger charge is 2.14. The van der Waals surface area contributed by atoms with Gasteiger partial charge in [0.05, 0.1) is 5.56 Å². The molecule has 0 atom stereocenters. The van der Waals surface area contributed by atoms with Crippen LogP contribution in [0, 0.1) is 0 Å². The Hall–Kier alpha value is -1.22. The van der Waals surface area contributed by atoms with E-state index in [-0.39, 0.29) is 6.29 Å². The maximum atomic E-state index is 5.61. The Balaban J connectivity index is 2.18. The number of halogens is 1. The Labute approximate surface area is 74.6 Å². The Bertz CT molecular complexity index is 288. The van der Waals surface area contributed by atoms with Crippen molar-refractivity contribution in [3.8, 4) is 0 Å². The highest BCUT2D eigenvalue weighted by molar-refractivity contribution is 6.29. The summed E-state index contributed by atoms with van der Waals surface area (Å²) in [7, 11) is 0. The summed E-state index contributed by atoms with van der Waals surface area (Å²) in [4.78, 5) is 3.90. The molecule has 0 N–H and O–H groups in total. The van der Waals surface area contributed by atoms with Crippen molar-refractivity contribution >= 4 is 11.6 Å². The molecule has 0 fully saturated rings. The van der Waals surface area contributed by atoms with E-state index >= 15 is 0 Å². The van der Waals surface area contributed by atoms with E-state index in [1.165, 1.54) is 12.5 Å². The molecule has 2 heterocycles. The number of rotatable bonds is 1. The molecule has 62 valence electrons. The number of nitrogens with zero attached hydrogens (tertiary/aromatic N) is 1. The summed E-state index contributed by atoms with van der Waals surface area (Å²) >= 11 is 5.61. The van der Waals surface area contributed by atoms with Crippen molar-refractivity contribution in [2.24, 2.45) is 0 Å². The zero-order valence-electron chi connectivity index (χ0n) is 6.11. The molecule has 1 aliphatic rings. The third-order valence-corrected chi connectivity index (χ3v) is 1.71. The minimum atomic E-state index is -0.366. The van der Waals surface area contributed by atoms with Gasteiger partial charge in [0.1, 0.15) is 17.7 Å². The second-order valence-corrected chi connectivity index (χ2v) is 2.68. The lowest BCUT2D eigenvalue weighted by molar-refractivity contribution is -0.0248. The van der Waals surface area contributed by atoms with Crippen molar-refractivity contribution in [1.82, 2.24) is 4.98 Å². The fourth-order valence-electron chi connectivity index (χ4n) is 0.923. The van der Waals surface area contributed by atoms with Gasteiger partial charge in [0.15, 0.2) is 0 Å². The average molecular weight is 184 g/mol. The first-order valence-electron chi connectivity index (χ1n) is 3.43. The van der Waals surface area contributed by atoms with E-state index in [4.69, 9.17) is 21.1 Å². The smallest absolute Gasteiger partial charge is 0.267 e. The molecule has 3 nitrogen and oxygen atoms in total. The van der Waals surface area contributed by atoms with Crippen LogP contribution >= 0.6 is 11.6 Å². The standard InChI is InChI=1S/C8H6ClNO2/c9-7-2-1-6(5-10-7)8-11-3-4-12-8/h1-5,8H. The number of hydrogen-bond donors (Lipinski definition) is 0. The number of ether oxygens (including phenoxy) is 2. The van der Waals surface area contributed by atoms with Crippen LogP contribution in [0.25, 0.3) is 0 Å². The molecule has 0 amide bonds. The van der Waals surface area contributed by atoms with Gasteiger partial charge in [0.2, 0.25) is 0 Å². The molecule has 2 rings (SSSR count). The molecule has 0 aromatic carbocycles. The van der Waals surface area contributed by atoms with Crippen molar-refractivity contribution in [2.75, 3.05) is 0 Å². The van der Waals surface area contributed by atoms with Gasteiger partial charge in [-0.25, -0.2) is 4.98 Å². The highest BCUT2D eigenvalue weighted by atomic mass is 35.5. The molecule has 0 bridgehead atoms. The first-order valence-corrected chi connectivity index (χ1v) is 3.81. The van der Waals surface area contributed by atoms with Crippen LogP contribution in [0.3, 0.4) is 0 Å². The van der Waals surface area contributed by atoms with E-state index < -0.39 is 0 Å². The molecule has 0 saturated heterocycles. The quantitative estimate of drug-likeness (QED) is 0.626. The summed E-state index contributed by atoms with van der Waals surface area (Å²) in [5, 5.41) is 0.463. The molecule has 1 aromatic heterocycles. The number of pyridine rings is 1. The molecular weight excluding hydrogens is 178 g/mol. The largest absolute Gasteiger partial charge is 0.455 e. The van der Waals surface area contributed by atoms with Gasteiger partial charge >= 0.3 is 0 Å². The molecule has 0 spiro atoms. The first kappa shape index (κ1) is 7.43. The molecule has 12 heavy (non-hydrogen) atoms. The average Bonchev–Trinajstić information content (AvgIpc) is 2.58. The molecule has 4 heteroatoms. The maximum absolute atomic E-state index is 5.61. The third kappa shape index (κ3) is 1.36. The molecule has 0 aliphatic carbocycles. The Morgan fingerprint density at radius 2 is 2.00 bits per heavy atom. The van der Waals surface area contributed by atoms with Gasteiger partial charge in [0, 0.05) is 6.20 Å². The lowest BCUT2D eigenvalue weighted by Gasteiger charge is -2.08. The normalized spacial score (nSPS) is 15.8. The van der Waals surface area contributed by atoms with Gasteiger partial charge in [-0.05, 0) is 12.1 Å². The molecule has 0 saturated carbocycles. The summed E-state index contributed by atoms with van der Waals surface area (Å²) in [6.45, 7) is 0. The number of aromatic nitrogens is 1. The zero-order valence-corrected chi connectivity index (χ0v) is 6.86. The van der Waals surface area contributed by atoms with Crippen LogP contribution in [0.15, 0.2) is 30.9 Å². The lowest BCUT2D eigenvalue weighted by atomic mass is 10.3. The van der Waals surface area contributed by atoms with Crippen LogP contribution in [0.1, 0.15) is 11.9 Å². The highest BCUT2D eigenvalue weighted by Crippen LogP contribution is 2.23. The van der Waals surface area contributed by atoms with Crippen molar-refractivity contribution in [3.05, 3.63) is 41.6 Å². The fraction of sp³-hybridized carbons (Fsp3) is 0.125. The van der Waals surface area contributed by atoms with Gasteiger partial charge in [-0.15, -0.1) is 0 Å². The van der Waals surface area contributed by atoms with E-state index in [1.54, 1.807) is 12.3 Å². The number of hydrogen-bond acceptors (Lipinski definition) is 3. The SMILES string of the molecule is Clc1ccc(C2OC=CO2)cn1. The summed E-state index contributed by atoms with van der Waals surface area (Å²) < 4.78 is 10.2. The van der Waals surface area contributed by atoms with Crippen molar-refractivity contribution < 1.29 is 9.47 Å². The topological polar surface area (TPSA) is 31.4 Å². The van der Waals surface area contributed by atoms with E-state index in [0.29, 0.717) is 5.15 Å². The van der Waals surface area contributed by atoms with Gasteiger partial charge in [-0.3, -0.25) is 0 Å². The van der Waals surface area contributed by atoms with Gasteiger partial charge in [0.25, 0.3) is 6.29 Å². The monoisotopic (exact) mass is 183 g/mol. The van der Waals surface area contributed by atoms with Crippen LogP contribution < -0.4 is 0 Å². The van der Waals surface area contributed by atoms with E-state index in [1.807, 2.05) is 6.07 Å². The first-order chi connectivity index (χ1) is 5.86. The third-order valence-electron chi connectivity index (χ3n) is 1.48. The van der Waals surface area contributed by atoms with Gasteiger partial charge in [-0.2, -0.15) is 0 Å². The summed E-state index contributed by atoms with van der Waals surface area (Å²) in [6, 6.07) is 3.51. The minimum absolute atomic E-state index is 0.366. The summed E-state index contributed by atoms with van der Waals surface area (Å²) in [6.07, 6.45) is 4.26. The predicted molar refractivity (Wildman–Crippen MR) is 43.3 cm³/mol. The summed E-state index contributed by atoms with van der Waals surface area (Å²) in [5.41, 5.74) is 0.851. The van der Waals surface area contributed by atoms with Crippen molar-refractivity contribution in [3.63, 3.8) is 0 Å². The lowest BCUT2D eigenvalue weighted by Crippen LogP contribution is -1.97. The Kier molecular flexibility index (Phi) is 1.87. The molecule has 0 radical (unpaired) electrons.